The van der Waals surface area contributed by atoms with Crippen LogP contribution in [0.25, 0.3) is 10.9 Å². The SMILES string of the molecule is COCCOc1cc2c(NCc3cccc(C(F)(F)C(C)(C)O)c3F)nc(C)nc2cc1Br. The van der Waals surface area contributed by atoms with E-state index in [0.717, 1.165) is 19.9 Å². The number of rotatable bonds is 9. The first kappa shape index (κ1) is 25.2. The van der Waals surface area contributed by atoms with Crippen LogP contribution in [0.4, 0.5) is 19.0 Å². The second-order valence-electron chi connectivity index (χ2n) is 8.03. The van der Waals surface area contributed by atoms with Crippen molar-refractivity contribution in [2.45, 2.75) is 38.8 Å². The summed E-state index contributed by atoms with van der Waals surface area (Å²) >= 11 is 3.46. The second kappa shape index (κ2) is 9.82. The van der Waals surface area contributed by atoms with E-state index in [1.807, 2.05) is 0 Å². The smallest absolute Gasteiger partial charge is 0.303 e. The van der Waals surface area contributed by atoms with E-state index in [-0.39, 0.29) is 12.1 Å². The summed E-state index contributed by atoms with van der Waals surface area (Å²) in [5.41, 5.74) is -2.66. The van der Waals surface area contributed by atoms with Crippen molar-refractivity contribution in [2.24, 2.45) is 0 Å². The maximum Gasteiger partial charge on any atom is 0.303 e. The van der Waals surface area contributed by atoms with E-state index in [1.165, 1.54) is 12.1 Å². The number of anilines is 1. The number of aliphatic hydroxyl groups is 1. The second-order valence-corrected chi connectivity index (χ2v) is 8.88. The molecule has 6 nitrogen and oxygen atoms in total. The van der Waals surface area contributed by atoms with Crippen molar-refractivity contribution < 1.29 is 27.8 Å². The first-order chi connectivity index (χ1) is 15.5. The van der Waals surface area contributed by atoms with Crippen molar-refractivity contribution in [1.82, 2.24) is 9.97 Å². The van der Waals surface area contributed by atoms with Crippen LogP contribution < -0.4 is 10.1 Å². The Hall–Kier alpha value is -2.43. The summed E-state index contributed by atoms with van der Waals surface area (Å²) in [7, 11) is 1.57. The fraction of sp³-hybridized carbons (Fsp3) is 0.391. The molecule has 0 aliphatic carbocycles. The molecule has 0 spiro atoms. The van der Waals surface area contributed by atoms with Crippen LogP contribution in [0.1, 0.15) is 30.8 Å². The summed E-state index contributed by atoms with van der Waals surface area (Å²) in [6, 6.07) is 7.23. The van der Waals surface area contributed by atoms with Crippen LogP contribution in [0.3, 0.4) is 0 Å². The molecule has 0 fully saturated rings. The molecule has 0 aliphatic rings. The van der Waals surface area contributed by atoms with Gasteiger partial charge in [0.2, 0.25) is 0 Å². The standard InChI is InChI=1S/C23H25BrF3N3O3/c1-13-29-18-11-17(24)19(33-9-8-32-4)10-15(18)21(30-13)28-12-14-6-5-7-16(20(14)25)23(26,27)22(2,3)31/h5-7,10-11,31H,8-9,12H2,1-4H3,(H,28,29,30). The Morgan fingerprint density at radius 3 is 2.55 bits per heavy atom. The fourth-order valence-corrected chi connectivity index (χ4v) is 3.64. The number of hydrogen-bond acceptors (Lipinski definition) is 6. The number of aryl methyl sites for hydroxylation is 1. The Kier molecular flexibility index (Phi) is 7.50. The number of benzene rings is 2. The van der Waals surface area contributed by atoms with Gasteiger partial charge in [0.1, 0.15) is 35.4 Å². The van der Waals surface area contributed by atoms with E-state index < -0.39 is 22.9 Å². The van der Waals surface area contributed by atoms with Crippen LogP contribution in [0, 0.1) is 12.7 Å². The topological polar surface area (TPSA) is 76.5 Å². The number of fused-ring (bicyclic) bond motifs is 1. The van der Waals surface area contributed by atoms with Crippen molar-refractivity contribution in [1.29, 1.82) is 0 Å². The predicted molar refractivity (Wildman–Crippen MR) is 123 cm³/mol. The van der Waals surface area contributed by atoms with Crippen LogP contribution in [0.5, 0.6) is 5.75 Å². The van der Waals surface area contributed by atoms with Gasteiger partial charge in [0.05, 0.1) is 22.2 Å². The predicted octanol–water partition coefficient (Wildman–Crippen LogP) is 5.34. The van der Waals surface area contributed by atoms with Crippen molar-refractivity contribution in [2.75, 3.05) is 25.6 Å². The van der Waals surface area contributed by atoms with Gasteiger partial charge in [-0.1, -0.05) is 12.1 Å². The summed E-state index contributed by atoms with van der Waals surface area (Å²) in [5.74, 6) is -3.42. The van der Waals surface area contributed by atoms with Gasteiger partial charge < -0.3 is 19.9 Å². The van der Waals surface area contributed by atoms with E-state index in [2.05, 4.69) is 31.2 Å². The van der Waals surface area contributed by atoms with Crippen LogP contribution in [-0.4, -0.2) is 41.0 Å². The summed E-state index contributed by atoms with van der Waals surface area (Å²) in [4.78, 5) is 8.81. The maximum atomic E-state index is 15.0. The zero-order valence-electron chi connectivity index (χ0n) is 18.7. The molecule has 2 N–H and O–H groups in total. The Morgan fingerprint density at radius 1 is 1.15 bits per heavy atom. The lowest BCUT2D eigenvalue weighted by Gasteiger charge is -2.30. The van der Waals surface area contributed by atoms with Gasteiger partial charge in [-0.25, -0.2) is 14.4 Å². The Bertz CT molecular complexity index is 1150. The molecule has 0 radical (unpaired) electrons. The van der Waals surface area contributed by atoms with E-state index in [4.69, 9.17) is 9.47 Å². The quantitative estimate of drug-likeness (QED) is 0.366. The molecule has 0 bridgehead atoms. The highest BCUT2D eigenvalue weighted by atomic mass is 79.9. The monoisotopic (exact) mass is 527 g/mol. The fourth-order valence-electron chi connectivity index (χ4n) is 3.19. The van der Waals surface area contributed by atoms with Gasteiger partial charge >= 0.3 is 5.92 Å². The first-order valence-corrected chi connectivity index (χ1v) is 11.0. The molecule has 0 saturated carbocycles. The molecule has 10 heteroatoms. The molecule has 1 heterocycles. The van der Waals surface area contributed by atoms with E-state index in [9.17, 15) is 18.3 Å². The number of ether oxygens (including phenoxy) is 2. The van der Waals surface area contributed by atoms with Crippen molar-refractivity contribution >= 4 is 32.7 Å². The van der Waals surface area contributed by atoms with Gasteiger partial charge in [-0.3, -0.25) is 0 Å². The Balaban J connectivity index is 1.94. The molecule has 2 aromatic carbocycles. The van der Waals surface area contributed by atoms with Crippen LogP contribution >= 0.6 is 15.9 Å². The van der Waals surface area contributed by atoms with Crippen LogP contribution in [0.15, 0.2) is 34.8 Å². The van der Waals surface area contributed by atoms with Crippen LogP contribution in [-0.2, 0) is 17.2 Å². The third kappa shape index (κ3) is 5.39. The average molecular weight is 528 g/mol. The van der Waals surface area contributed by atoms with Gasteiger partial charge in [0, 0.05) is 24.6 Å². The molecule has 178 valence electrons. The average Bonchev–Trinajstić information content (AvgIpc) is 2.72. The van der Waals surface area contributed by atoms with Gasteiger partial charge in [0.15, 0.2) is 0 Å². The Morgan fingerprint density at radius 2 is 1.88 bits per heavy atom. The van der Waals surface area contributed by atoms with Gasteiger partial charge in [-0.15, -0.1) is 0 Å². The molecule has 0 atom stereocenters. The van der Waals surface area contributed by atoms with Gasteiger partial charge in [0.25, 0.3) is 0 Å². The summed E-state index contributed by atoms with van der Waals surface area (Å²) in [6.45, 7) is 4.24. The zero-order valence-corrected chi connectivity index (χ0v) is 20.3. The van der Waals surface area contributed by atoms with Crippen molar-refractivity contribution in [3.05, 3.63) is 57.6 Å². The highest BCUT2D eigenvalue weighted by Crippen LogP contribution is 2.40. The third-order valence-electron chi connectivity index (χ3n) is 5.04. The third-order valence-corrected chi connectivity index (χ3v) is 5.66. The Labute approximate surface area is 198 Å². The minimum atomic E-state index is -3.77. The number of nitrogens with one attached hydrogen (secondary N) is 1. The lowest BCUT2D eigenvalue weighted by atomic mass is 9.92. The summed E-state index contributed by atoms with van der Waals surface area (Å²) in [6.07, 6.45) is 0. The number of methoxy groups -OCH3 is 1. The van der Waals surface area contributed by atoms with Crippen molar-refractivity contribution in [3.8, 4) is 5.75 Å². The molecular formula is C23H25BrF3N3O3. The molecule has 0 unspecified atom stereocenters. The highest BCUT2D eigenvalue weighted by molar-refractivity contribution is 9.10. The maximum absolute atomic E-state index is 15.0. The molecule has 1 aromatic heterocycles. The summed E-state index contributed by atoms with van der Waals surface area (Å²) < 4.78 is 55.6. The molecule has 3 aromatic rings. The molecule has 0 amide bonds. The minimum Gasteiger partial charge on any atom is -0.490 e. The van der Waals surface area contributed by atoms with E-state index >= 15 is 0 Å². The van der Waals surface area contributed by atoms with Gasteiger partial charge in [-0.05, 0) is 54.9 Å². The first-order valence-electron chi connectivity index (χ1n) is 10.2. The zero-order chi connectivity index (χ0) is 24.4. The van der Waals surface area contributed by atoms with Crippen molar-refractivity contribution in [3.63, 3.8) is 0 Å². The number of halogens is 4. The van der Waals surface area contributed by atoms with E-state index in [1.54, 1.807) is 26.2 Å². The number of aromatic nitrogens is 2. The molecule has 0 aliphatic heterocycles. The number of nitrogens with zero attached hydrogens (tertiary/aromatic N) is 2. The molecular weight excluding hydrogens is 503 g/mol. The lowest BCUT2D eigenvalue weighted by molar-refractivity contribution is -0.170. The normalized spacial score (nSPS) is 12.3. The van der Waals surface area contributed by atoms with E-state index in [0.29, 0.717) is 46.0 Å². The number of alkyl halides is 2. The van der Waals surface area contributed by atoms with Crippen LogP contribution in [0.2, 0.25) is 0 Å². The summed E-state index contributed by atoms with van der Waals surface area (Å²) in [5, 5.41) is 13.5. The minimum absolute atomic E-state index is 0.00881. The lowest BCUT2D eigenvalue weighted by Crippen LogP contribution is -2.41. The molecule has 33 heavy (non-hydrogen) atoms. The number of hydrogen-bond donors (Lipinski definition) is 2. The molecule has 3 rings (SSSR count). The highest BCUT2D eigenvalue weighted by Gasteiger charge is 2.48. The molecule has 0 saturated heterocycles. The largest absolute Gasteiger partial charge is 0.490 e. The van der Waals surface area contributed by atoms with Gasteiger partial charge in [-0.2, -0.15) is 8.78 Å².